The number of rotatable bonds is 2. The SMILES string of the molecule is NC(=O)C12CC3CC(c4ccccc4)(CC1C31CC1)C2. The van der Waals surface area contributed by atoms with Gasteiger partial charge in [-0.05, 0) is 66.8 Å². The van der Waals surface area contributed by atoms with Crippen LogP contribution >= 0.6 is 0 Å². The average Bonchev–Trinajstić information content (AvgIpc) is 3.18. The summed E-state index contributed by atoms with van der Waals surface area (Å²) in [5.41, 5.74) is 7.95. The maximum Gasteiger partial charge on any atom is 0.223 e. The van der Waals surface area contributed by atoms with Crippen molar-refractivity contribution in [3.8, 4) is 0 Å². The minimum atomic E-state index is -0.171. The van der Waals surface area contributed by atoms with Gasteiger partial charge in [0.2, 0.25) is 5.91 Å². The zero-order valence-corrected chi connectivity index (χ0v) is 11.8. The first-order chi connectivity index (χ1) is 9.61. The Bertz CT molecular complexity index is 605. The van der Waals surface area contributed by atoms with Gasteiger partial charge < -0.3 is 5.73 Å². The predicted molar refractivity (Wildman–Crippen MR) is 76.9 cm³/mol. The van der Waals surface area contributed by atoms with Crippen LogP contribution in [-0.2, 0) is 10.2 Å². The Morgan fingerprint density at radius 3 is 2.50 bits per heavy atom. The maximum atomic E-state index is 12.3. The molecular weight excluding hydrogens is 246 g/mol. The lowest BCUT2D eigenvalue weighted by atomic mass is 9.61. The van der Waals surface area contributed by atoms with Crippen LogP contribution in [0.1, 0.15) is 44.1 Å². The molecule has 5 saturated carbocycles. The van der Waals surface area contributed by atoms with Gasteiger partial charge in [0.25, 0.3) is 0 Å². The quantitative estimate of drug-likeness (QED) is 0.879. The third kappa shape index (κ3) is 1.05. The zero-order valence-electron chi connectivity index (χ0n) is 11.8. The van der Waals surface area contributed by atoms with Crippen LogP contribution < -0.4 is 5.73 Å². The highest BCUT2D eigenvalue weighted by atomic mass is 16.1. The minimum absolute atomic E-state index is 0.00576. The van der Waals surface area contributed by atoms with Crippen molar-refractivity contribution >= 4 is 5.91 Å². The molecule has 0 aliphatic heterocycles. The van der Waals surface area contributed by atoms with E-state index in [2.05, 4.69) is 30.3 Å². The van der Waals surface area contributed by atoms with Crippen molar-refractivity contribution < 1.29 is 4.79 Å². The molecule has 2 nitrogen and oxygen atoms in total. The minimum Gasteiger partial charge on any atom is -0.369 e. The smallest absolute Gasteiger partial charge is 0.223 e. The molecule has 20 heavy (non-hydrogen) atoms. The molecule has 1 amide bonds. The van der Waals surface area contributed by atoms with Gasteiger partial charge in [0.1, 0.15) is 0 Å². The average molecular weight is 267 g/mol. The van der Waals surface area contributed by atoms with Crippen molar-refractivity contribution in [2.45, 2.75) is 43.9 Å². The van der Waals surface area contributed by atoms with E-state index in [1.165, 1.54) is 31.2 Å². The van der Waals surface area contributed by atoms with Crippen LogP contribution in [0.4, 0.5) is 0 Å². The van der Waals surface area contributed by atoms with E-state index in [9.17, 15) is 4.79 Å². The predicted octanol–water partition coefficient (Wildman–Crippen LogP) is 3.01. The Morgan fingerprint density at radius 1 is 1.10 bits per heavy atom. The van der Waals surface area contributed by atoms with E-state index in [1.54, 1.807) is 0 Å². The lowest BCUT2D eigenvalue weighted by Crippen LogP contribution is -2.41. The number of amides is 1. The molecule has 4 bridgehead atoms. The van der Waals surface area contributed by atoms with Gasteiger partial charge in [-0.3, -0.25) is 4.79 Å². The normalized spacial score (nSPS) is 46.0. The van der Waals surface area contributed by atoms with Crippen LogP contribution in [0.5, 0.6) is 0 Å². The summed E-state index contributed by atoms with van der Waals surface area (Å²) in [6.07, 6.45) is 7.30. The molecule has 0 radical (unpaired) electrons. The molecule has 1 aromatic carbocycles. The van der Waals surface area contributed by atoms with Crippen molar-refractivity contribution in [3.63, 3.8) is 0 Å². The molecule has 6 rings (SSSR count). The van der Waals surface area contributed by atoms with E-state index >= 15 is 0 Å². The third-order valence-electron chi connectivity index (χ3n) is 7.37. The number of carbonyl (C=O) groups is 1. The highest BCUT2D eigenvalue weighted by Crippen LogP contribution is 2.82. The van der Waals surface area contributed by atoms with Crippen LogP contribution in [0.15, 0.2) is 30.3 Å². The largest absolute Gasteiger partial charge is 0.369 e. The fourth-order valence-corrected chi connectivity index (χ4v) is 6.57. The molecule has 1 aromatic rings. The van der Waals surface area contributed by atoms with E-state index in [0.717, 1.165) is 18.8 Å². The van der Waals surface area contributed by atoms with Crippen molar-refractivity contribution in [2.24, 2.45) is 28.4 Å². The Morgan fingerprint density at radius 2 is 1.85 bits per heavy atom. The Hall–Kier alpha value is -1.31. The third-order valence-corrected chi connectivity index (χ3v) is 7.37. The van der Waals surface area contributed by atoms with Gasteiger partial charge >= 0.3 is 0 Å². The van der Waals surface area contributed by atoms with Crippen LogP contribution in [0, 0.1) is 22.7 Å². The lowest BCUT2D eigenvalue weighted by Gasteiger charge is -2.43. The number of primary amides is 1. The molecule has 4 atom stereocenters. The summed E-state index contributed by atoms with van der Waals surface area (Å²) < 4.78 is 0. The Kier molecular flexibility index (Phi) is 1.78. The summed E-state index contributed by atoms with van der Waals surface area (Å²) >= 11 is 0. The molecule has 2 N–H and O–H groups in total. The van der Waals surface area contributed by atoms with E-state index in [4.69, 9.17) is 5.73 Å². The monoisotopic (exact) mass is 267 g/mol. The number of benzene rings is 1. The zero-order chi connectivity index (χ0) is 13.6. The van der Waals surface area contributed by atoms with Crippen LogP contribution in [0.3, 0.4) is 0 Å². The van der Waals surface area contributed by atoms with Gasteiger partial charge in [-0.15, -0.1) is 0 Å². The molecule has 5 aliphatic rings. The molecule has 104 valence electrons. The highest BCUT2D eigenvalue weighted by Gasteiger charge is 2.78. The molecule has 1 spiro atoms. The van der Waals surface area contributed by atoms with Crippen molar-refractivity contribution in [2.75, 3.05) is 0 Å². The van der Waals surface area contributed by atoms with Gasteiger partial charge in [-0.1, -0.05) is 30.3 Å². The molecule has 4 unspecified atom stereocenters. The van der Waals surface area contributed by atoms with E-state index in [1.807, 2.05) is 0 Å². The fourth-order valence-electron chi connectivity index (χ4n) is 6.57. The summed E-state index contributed by atoms with van der Waals surface area (Å²) in [7, 11) is 0. The first-order valence-electron chi connectivity index (χ1n) is 7.97. The van der Waals surface area contributed by atoms with Gasteiger partial charge in [-0.25, -0.2) is 0 Å². The number of nitrogens with two attached hydrogens (primary N) is 1. The number of hydrogen-bond donors (Lipinski definition) is 1. The van der Waals surface area contributed by atoms with Crippen molar-refractivity contribution in [1.82, 2.24) is 0 Å². The van der Waals surface area contributed by atoms with Crippen molar-refractivity contribution in [1.29, 1.82) is 0 Å². The first kappa shape index (κ1) is 11.4. The summed E-state index contributed by atoms with van der Waals surface area (Å²) in [5.74, 6) is 1.32. The maximum absolute atomic E-state index is 12.3. The summed E-state index contributed by atoms with van der Waals surface area (Å²) in [5, 5.41) is 0. The number of carbonyl (C=O) groups excluding carboxylic acids is 1. The summed E-state index contributed by atoms with van der Waals surface area (Å²) in [4.78, 5) is 12.3. The second-order valence-electron chi connectivity index (χ2n) is 7.94. The molecule has 2 heteroatoms. The summed E-state index contributed by atoms with van der Waals surface area (Å²) in [6, 6.07) is 10.9. The van der Waals surface area contributed by atoms with Gasteiger partial charge in [0, 0.05) is 0 Å². The van der Waals surface area contributed by atoms with E-state index in [-0.39, 0.29) is 16.7 Å². The standard InChI is InChI=1S/C18H21NO/c19-15(20)18-9-13-8-16(11-18,12-4-2-1-3-5-12)10-14(18)17(13)6-7-17/h1-5,13-14H,6-11H2,(H2,19,20). The molecular formula is C18H21NO. The topological polar surface area (TPSA) is 43.1 Å². The molecule has 0 heterocycles. The molecule has 0 saturated heterocycles. The Labute approximate surface area is 119 Å². The Balaban J connectivity index is 1.66. The highest BCUT2D eigenvalue weighted by molar-refractivity contribution is 5.83. The summed E-state index contributed by atoms with van der Waals surface area (Å²) in [6.45, 7) is 0. The van der Waals surface area contributed by atoms with Crippen LogP contribution in [-0.4, -0.2) is 5.91 Å². The lowest BCUT2D eigenvalue weighted by molar-refractivity contribution is -0.129. The van der Waals surface area contributed by atoms with E-state index in [0.29, 0.717) is 11.3 Å². The van der Waals surface area contributed by atoms with E-state index < -0.39 is 0 Å². The fraction of sp³-hybridized carbons (Fsp3) is 0.611. The van der Waals surface area contributed by atoms with Gasteiger partial charge in [-0.2, -0.15) is 0 Å². The van der Waals surface area contributed by atoms with Crippen molar-refractivity contribution in [3.05, 3.63) is 35.9 Å². The van der Waals surface area contributed by atoms with Crippen LogP contribution in [0.25, 0.3) is 0 Å². The van der Waals surface area contributed by atoms with Crippen LogP contribution in [0.2, 0.25) is 0 Å². The molecule has 0 aromatic heterocycles. The second kappa shape index (κ2) is 3.13. The van der Waals surface area contributed by atoms with Gasteiger partial charge in [0.15, 0.2) is 0 Å². The second-order valence-corrected chi connectivity index (χ2v) is 7.94. The molecule has 5 aliphatic carbocycles. The first-order valence-corrected chi connectivity index (χ1v) is 7.97. The van der Waals surface area contributed by atoms with Gasteiger partial charge in [0.05, 0.1) is 5.41 Å². The molecule has 5 fully saturated rings. The number of hydrogen-bond acceptors (Lipinski definition) is 1.